The summed E-state index contributed by atoms with van der Waals surface area (Å²) in [4.78, 5) is 7.81. The first-order valence-corrected chi connectivity index (χ1v) is 8.59. The van der Waals surface area contributed by atoms with Crippen molar-refractivity contribution in [2.24, 2.45) is 0 Å². The maximum Gasteiger partial charge on any atom is 0.116 e. The van der Waals surface area contributed by atoms with Crippen LogP contribution >= 0.6 is 0 Å². The Labute approximate surface area is 152 Å². The first-order valence-electron chi connectivity index (χ1n) is 8.59. The van der Waals surface area contributed by atoms with Gasteiger partial charge in [0.05, 0.1) is 22.2 Å². The summed E-state index contributed by atoms with van der Waals surface area (Å²) >= 11 is 0. The number of benzene rings is 1. The van der Waals surface area contributed by atoms with Gasteiger partial charge in [-0.25, -0.2) is 0 Å². The molecule has 128 valence electrons. The molecular weight excluding hydrogens is 320 g/mol. The van der Waals surface area contributed by atoms with Gasteiger partial charge in [0.15, 0.2) is 0 Å². The van der Waals surface area contributed by atoms with Crippen LogP contribution in [0.3, 0.4) is 0 Å². The van der Waals surface area contributed by atoms with Crippen LogP contribution in [0.15, 0.2) is 73.0 Å². The van der Waals surface area contributed by atoms with E-state index in [1.807, 2.05) is 31.2 Å². The lowest BCUT2D eigenvalue weighted by atomic mass is 10.0. The van der Waals surface area contributed by atoms with E-state index >= 15 is 0 Å². The molecule has 0 bridgehead atoms. The lowest BCUT2D eigenvalue weighted by Gasteiger charge is -2.04. The van der Waals surface area contributed by atoms with Gasteiger partial charge in [0.2, 0.25) is 0 Å². The molecule has 4 rings (SSSR count). The quantitative estimate of drug-likeness (QED) is 0.472. The number of nitrogens with one attached hydrogen (secondary N) is 2. The molecule has 0 unspecified atom stereocenters. The maximum absolute atomic E-state index is 4.53. The molecule has 1 aromatic carbocycles. The number of H-pyrrole nitrogens is 2. The zero-order chi connectivity index (χ0) is 18.1. The smallest absolute Gasteiger partial charge is 0.116 e. The highest BCUT2D eigenvalue weighted by molar-refractivity contribution is 5.97. The number of hydrogen-bond acceptors (Lipinski definition) is 2. The van der Waals surface area contributed by atoms with Gasteiger partial charge in [0, 0.05) is 11.6 Å². The van der Waals surface area contributed by atoms with Crippen LogP contribution < -0.4 is 0 Å². The number of pyridine rings is 1. The van der Waals surface area contributed by atoms with Crippen LogP contribution in [-0.2, 0) is 0 Å². The van der Waals surface area contributed by atoms with Gasteiger partial charge in [-0.05, 0) is 55.3 Å². The first kappa shape index (κ1) is 16.1. The SMILES string of the molecule is C=C/C(C)=C\C(=C/C)c1ccc2[nH]nc(-c3cc4ncccc4[nH]3)c2c1. The largest absolute Gasteiger partial charge is 0.352 e. The Kier molecular flexibility index (Phi) is 4.01. The highest BCUT2D eigenvalue weighted by Gasteiger charge is 2.12. The lowest BCUT2D eigenvalue weighted by molar-refractivity contribution is 1.12. The Morgan fingerprint density at radius 2 is 2.04 bits per heavy atom. The van der Waals surface area contributed by atoms with Crippen LogP contribution in [0, 0.1) is 0 Å². The predicted octanol–water partition coefficient (Wildman–Crippen LogP) is 5.64. The molecule has 0 radical (unpaired) electrons. The molecule has 0 aliphatic carbocycles. The van der Waals surface area contributed by atoms with Crippen molar-refractivity contribution in [3.05, 3.63) is 78.5 Å². The van der Waals surface area contributed by atoms with Crippen molar-refractivity contribution >= 4 is 27.5 Å². The van der Waals surface area contributed by atoms with Crippen molar-refractivity contribution < 1.29 is 0 Å². The second-order valence-corrected chi connectivity index (χ2v) is 6.29. The third-order valence-corrected chi connectivity index (χ3v) is 4.56. The molecule has 3 heterocycles. The molecule has 0 aliphatic heterocycles. The molecule has 4 aromatic rings. The minimum atomic E-state index is 0.903. The van der Waals surface area contributed by atoms with E-state index in [-0.39, 0.29) is 0 Å². The molecule has 3 aromatic heterocycles. The third kappa shape index (κ3) is 2.75. The minimum Gasteiger partial charge on any atom is -0.352 e. The Hall–Kier alpha value is -3.40. The number of aromatic amines is 2. The van der Waals surface area contributed by atoms with Crippen LogP contribution in [0.4, 0.5) is 0 Å². The van der Waals surface area contributed by atoms with Crippen molar-refractivity contribution in [2.45, 2.75) is 13.8 Å². The Morgan fingerprint density at radius 3 is 2.81 bits per heavy atom. The number of hydrogen-bond donors (Lipinski definition) is 2. The van der Waals surface area contributed by atoms with Crippen LogP contribution in [0.5, 0.6) is 0 Å². The molecule has 0 atom stereocenters. The number of fused-ring (bicyclic) bond motifs is 2. The highest BCUT2D eigenvalue weighted by atomic mass is 15.1. The number of rotatable bonds is 4. The van der Waals surface area contributed by atoms with E-state index in [1.54, 1.807) is 6.20 Å². The minimum absolute atomic E-state index is 0.903. The van der Waals surface area contributed by atoms with E-state index < -0.39 is 0 Å². The molecule has 0 amide bonds. The summed E-state index contributed by atoms with van der Waals surface area (Å²) in [5.74, 6) is 0. The van der Waals surface area contributed by atoms with Gasteiger partial charge in [0.25, 0.3) is 0 Å². The fourth-order valence-electron chi connectivity index (χ4n) is 3.12. The van der Waals surface area contributed by atoms with Gasteiger partial charge < -0.3 is 4.98 Å². The predicted molar refractivity (Wildman–Crippen MR) is 109 cm³/mol. The standard InChI is InChI=1S/C22H20N4/c1-4-14(3)11-15(5-2)16-8-9-18-17(12-16)22(26-25-18)21-13-20-19(24-21)7-6-10-23-20/h4-13,24H,1H2,2-3H3,(H,25,26)/b14-11-,15-5+. The summed E-state index contributed by atoms with van der Waals surface area (Å²) < 4.78 is 0. The molecule has 4 heteroatoms. The fourth-order valence-corrected chi connectivity index (χ4v) is 3.12. The Morgan fingerprint density at radius 1 is 1.15 bits per heavy atom. The summed E-state index contributed by atoms with van der Waals surface area (Å²) in [6.07, 6.45) is 7.91. The van der Waals surface area contributed by atoms with Crippen molar-refractivity contribution in [1.82, 2.24) is 20.2 Å². The summed E-state index contributed by atoms with van der Waals surface area (Å²) in [5.41, 5.74) is 8.26. The number of aromatic nitrogens is 4. The van der Waals surface area contributed by atoms with E-state index in [0.29, 0.717) is 0 Å². The average Bonchev–Trinajstić information content (AvgIpc) is 3.28. The first-order chi connectivity index (χ1) is 12.7. The van der Waals surface area contributed by atoms with Gasteiger partial charge >= 0.3 is 0 Å². The second-order valence-electron chi connectivity index (χ2n) is 6.29. The summed E-state index contributed by atoms with van der Waals surface area (Å²) in [6.45, 7) is 7.94. The molecule has 0 spiro atoms. The summed E-state index contributed by atoms with van der Waals surface area (Å²) in [7, 11) is 0. The third-order valence-electron chi connectivity index (χ3n) is 4.56. The van der Waals surface area contributed by atoms with Gasteiger partial charge in [-0.2, -0.15) is 5.10 Å². The molecule has 0 saturated carbocycles. The van der Waals surface area contributed by atoms with Gasteiger partial charge in [-0.15, -0.1) is 0 Å². The van der Waals surface area contributed by atoms with Gasteiger partial charge in [-0.1, -0.05) is 36.4 Å². The van der Waals surface area contributed by atoms with E-state index in [4.69, 9.17) is 0 Å². The number of allylic oxidation sites excluding steroid dienone is 5. The van der Waals surface area contributed by atoms with Crippen LogP contribution in [-0.4, -0.2) is 20.2 Å². The summed E-state index contributed by atoms with van der Waals surface area (Å²) in [6, 6.07) is 12.3. The van der Waals surface area contributed by atoms with E-state index in [1.165, 1.54) is 0 Å². The lowest BCUT2D eigenvalue weighted by Crippen LogP contribution is -1.84. The highest BCUT2D eigenvalue weighted by Crippen LogP contribution is 2.30. The normalized spacial score (nSPS) is 12.8. The van der Waals surface area contributed by atoms with Crippen molar-refractivity contribution in [1.29, 1.82) is 0 Å². The van der Waals surface area contributed by atoms with Crippen LogP contribution in [0.2, 0.25) is 0 Å². The molecule has 2 N–H and O–H groups in total. The van der Waals surface area contributed by atoms with Gasteiger partial charge in [-0.3, -0.25) is 10.1 Å². The van der Waals surface area contributed by atoms with Crippen molar-refractivity contribution in [3.8, 4) is 11.4 Å². The molecule has 26 heavy (non-hydrogen) atoms. The topological polar surface area (TPSA) is 57.4 Å². The zero-order valence-corrected chi connectivity index (χ0v) is 14.9. The van der Waals surface area contributed by atoms with E-state index in [9.17, 15) is 0 Å². The van der Waals surface area contributed by atoms with E-state index in [2.05, 4.69) is 64.0 Å². The Bertz CT molecular complexity index is 1140. The fraction of sp³-hybridized carbons (Fsp3) is 0.0909. The number of nitrogens with zero attached hydrogens (tertiary/aromatic N) is 2. The van der Waals surface area contributed by atoms with Crippen LogP contribution in [0.1, 0.15) is 19.4 Å². The van der Waals surface area contributed by atoms with Gasteiger partial charge in [0.1, 0.15) is 5.69 Å². The second kappa shape index (κ2) is 6.48. The average molecular weight is 340 g/mol. The molecule has 0 fully saturated rings. The van der Waals surface area contributed by atoms with Crippen molar-refractivity contribution in [2.75, 3.05) is 0 Å². The molecule has 0 saturated heterocycles. The molecular formula is C22H20N4. The Balaban J connectivity index is 1.86. The monoisotopic (exact) mass is 340 g/mol. The molecule has 0 aliphatic rings. The molecule has 4 nitrogen and oxygen atoms in total. The van der Waals surface area contributed by atoms with Crippen molar-refractivity contribution in [3.63, 3.8) is 0 Å². The maximum atomic E-state index is 4.53. The zero-order valence-electron chi connectivity index (χ0n) is 14.9. The van der Waals surface area contributed by atoms with Crippen LogP contribution in [0.25, 0.3) is 38.9 Å². The van der Waals surface area contributed by atoms with E-state index in [0.717, 1.165) is 50.0 Å². The summed E-state index contributed by atoms with van der Waals surface area (Å²) in [5, 5.41) is 8.74.